The van der Waals surface area contributed by atoms with Crippen LogP contribution in [0.4, 0.5) is 11.6 Å². The van der Waals surface area contributed by atoms with Crippen molar-refractivity contribution < 1.29 is 0 Å². The number of halogens is 1. The summed E-state index contributed by atoms with van der Waals surface area (Å²) >= 11 is 6.18. The van der Waals surface area contributed by atoms with Gasteiger partial charge in [-0.15, -0.1) is 0 Å². The lowest BCUT2D eigenvalue weighted by Gasteiger charge is -2.13. The van der Waals surface area contributed by atoms with Crippen LogP contribution in [0.5, 0.6) is 0 Å². The van der Waals surface area contributed by atoms with Crippen molar-refractivity contribution in [2.75, 3.05) is 24.3 Å². The Hall–Kier alpha value is -3.26. The van der Waals surface area contributed by atoms with Crippen molar-refractivity contribution in [2.24, 2.45) is 0 Å². The first-order valence-corrected chi connectivity index (χ1v) is 10.0. The minimum Gasteiger partial charge on any atom is -0.364 e. The smallest absolute Gasteiger partial charge is 0.226 e. The molecule has 154 valence electrons. The molecule has 3 aromatic heterocycles. The Bertz CT molecular complexity index is 1170. The van der Waals surface area contributed by atoms with Gasteiger partial charge in [0.15, 0.2) is 17.0 Å². The Kier molecular flexibility index (Phi) is 5.50. The van der Waals surface area contributed by atoms with Crippen LogP contribution in [0.1, 0.15) is 25.5 Å². The first kappa shape index (κ1) is 20.0. The molecule has 8 nitrogen and oxygen atoms in total. The summed E-state index contributed by atoms with van der Waals surface area (Å²) in [5, 5.41) is 3.55. The number of hydrogen-bond acceptors (Lipinski definition) is 7. The third-order valence-corrected chi connectivity index (χ3v) is 4.96. The molecule has 0 fully saturated rings. The molecule has 0 amide bonds. The Morgan fingerprint density at radius 3 is 2.57 bits per heavy atom. The number of imidazole rings is 1. The van der Waals surface area contributed by atoms with Crippen molar-refractivity contribution in [1.29, 1.82) is 0 Å². The quantitative estimate of drug-likeness (QED) is 0.466. The summed E-state index contributed by atoms with van der Waals surface area (Å²) in [4.78, 5) is 24.2. The van der Waals surface area contributed by atoms with Crippen LogP contribution < -0.4 is 10.2 Å². The van der Waals surface area contributed by atoms with E-state index in [1.807, 2.05) is 41.8 Å². The van der Waals surface area contributed by atoms with Gasteiger partial charge < -0.3 is 14.8 Å². The van der Waals surface area contributed by atoms with E-state index in [9.17, 15) is 0 Å². The molecule has 0 saturated carbocycles. The molecule has 30 heavy (non-hydrogen) atoms. The van der Waals surface area contributed by atoms with E-state index in [1.54, 1.807) is 18.7 Å². The molecule has 0 aliphatic carbocycles. The molecule has 0 bridgehead atoms. The fraction of sp³-hybridized carbons (Fsp3) is 0.286. The second kappa shape index (κ2) is 8.23. The summed E-state index contributed by atoms with van der Waals surface area (Å²) < 4.78 is 1.98. The zero-order valence-corrected chi connectivity index (χ0v) is 18.1. The van der Waals surface area contributed by atoms with Crippen molar-refractivity contribution in [1.82, 2.24) is 29.5 Å². The van der Waals surface area contributed by atoms with Gasteiger partial charge in [0.25, 0.3) is 0 Å². The third-order valence-electron chi connectivity index (χ3n) is 4.79. The van der Waals surface area contributed by atoms with Gasteiger partial charge in [-0.05, 0) is 31.0 Å². The van der Waals surface area contributed by atoms with Gasteiger partial charge in [-0.3, -0.25) is 4.98 Å². The minimum absolute atomic E-state index is 0.186. The normalized spacial score (nSPS) is 11.3. The van der Waals surface area contributed by atoms with Crippen LogP contribution in [0.15, 0.2) is 43.0 Å². The average Bonchev–Trinajstić information content (AvgIpc) is 3.16. The van der Waals surface area contributed by atoms with Gasteiger partial charge in [0.2, 0.25) is 5.28 Å². The molecule has 9 heteroatoms. The van der Waals surface area contributed by atoms with E-state index in [4.69, 9.17) is 11.6 Å². The summed E-state index contributed by atoms with van der Waals surface area (Å²) in [5.74, 6) is 1.42. The Labute approximate surface area is 180 Å². The molecular formula is C21H23ClN8. The average molecular weight is 423 g/mol. The van der Waals surface area contributed by atoms with Crippen molar-refractivity contribution in [3.05, 3.63) is 53.8 Å². The van der Waals surface area contributed by atoms with Gasteiger partial charge in [0, 0.05) is 32.2 Å². The molecule has 0 saturated heterocycles. The van der Waals surface area contributed by atoms with Gasteiger partial charge in [0.05, 0.1) is 24.4 Å². The number of aromatic nitrogens is 6. The maximum Gasteiger partial charge on any atom is 0.226 e. The molecule has 0 atom stereocenters. The van der Waals surface area contributed by atoms with Crippen molar-refractivity contribution in [2.45, 2.75) is 26.4 Å². The maximum atomic E-state index is 6.18. The molecular weight excluding hydrogens is 400 g/mol. The zero-order chi connectivity index (χ0) is 21.3. The van der Waals surface area contributed by atoms with E-state index in [1.165, 1.54) is 0 Å². The molecule has 3 heterocycles. The van der Waals surface area contributed by atoms with Crippen LogP contribution >= 0.6 is 11.6 Å². The largest absolute Gasteiger partial charge is 0.364 e. The van der Waals surface area contributed by atoms with Crippen LogP contribution in [-0.2, 0) is 6.54 Å². The van der Waals surface area contributed by atoms with Crippen LogP contribution in [0.3, 0.4) is 0 Å². The number of rotatable bonds is 6. The van der Waals surface area contributed by atoms with E-state index in [0.29, 0.717) is 23.5 Å². The number of fused-ring (bicyclic) bond motifs is 1. The molecule has 1 aromatic carbocycles. The number of benzene rings is 1. The summed E-state index contributed by atoms with van der Waals surface area (Å²) in [6.45, 7) is 4.68. The predicted octanol–water partition coefficient (Wildman–Crippen LogP) is 4.20. The van der Waals surface area contributed by atoms with Crippen molar-refractivity contribution in [3.8, 4) is 11.3 Å². The summed E-state index contributed by atoms with van der Waals surface area (Å²) in [5.41, 5.74) is 4.29. The molecule has 0 aliphatic heterocycles. The summed E-state index contributed by atoms with van der Waals surface area (Å²) in [6.07, 6.45) is 5.32. The third kappa shape index (κ3) is 3.91. The summed E-state index contributed by atoms with van der Waals surface area (Å²) in [7, 11) is 3.88. The minimum atomic E-state index is 0.186. The molecule has 0 aliphatic rings. The highest BCUT2D eigenvalue weighted by atomic mass is 35.5. The van der Waals surface area contributed by atoms with Crippen LogP contribution in [-0.4, -0.2) is 43.6 Å². The van der Waals surface area contributed by atoms with Gasteiger partial charge in [-0.25, -0.2) is 9.97 Å². The summed E-state index contributed by atoms with van der Waals surface area (Å²) in [6, 6.07) is 8.30. The van der Waals surface area contributed by atoms with Gasteiger partial charge >= 0.3 is 0 Å². The molecule has 0 spiro atoms. The van der Waals surface area contributed by atoms with Crippen molar-refractivity contribution >= 4 is 34.4 Å². The first-order valence-electron chi connectivity index (χ1n) is 9.65. The van der Waals surface area contributed by atoms with Gasteiger partial charge in [0.1, 0.15) is 5.82 Å². The van der Waals surface area contributed by atoms with Gasteiger partial charge in [-0.1, -0.05) is 24.3 Å². The molecule has 0 unspecified atom stereocenters. The van der Waals surface area contributed by atoms with E-state index >= 15 is 0 Å². The number of hydrogen-bond donors (Lipinski definition) is 1. The maximum absolute atomic E-state index is 6.18. The standard InChI is InChI=1S/C21H23ClN8/c1-13(2)30-12-26-18-19(27-21(22)28-20(18)30)25-9-14-7-5-6-8-15(14)16-10-24-17(11-23-16)29(3)4/h5-8,10-13H,9H2,1-4H3,(H,25,27,28). The second-order valence-corrected chi connectivity index (χ2v) is 7.76. The van der Waals surface area contributed by atoms with Gasteiger partial charge in [-0.2, -0.15) is 9.97 Å². The predicted molar refractivity (Wildman–Crippen MR) is 120 cm³/mol. The lowest BCUT2D eigenvalue weighted by molar-refractivity contribution is 0.612. The monoisotopic (exact) mass is 422 g/mol. The highest BCUT2D eigenvalue weighted by Gasteiger charge is 2.15. The number of anilines is 2. The zero-order valence-electron chi connectivity index (χ0n) is 17.3. The molecule has 1 N–H and O–H groups in total. The highest BCUT2D eigenvalue weighted by Crippen LogP contribution is 2.26. The lowest BCUT2D eigenvalue weighted by atomic mass is 10.0. The molecule has 0 radical (unpaired) electrons. The second-order valence-electron chi connectivity index (χ2n) is 7.42. The van der Waals surface area contributed by atoms with Crippen LogP contribution in [0.25, 0.3) is 22.4 Å². The topological polar surface area (TPSA) is 84.7 Å². The fourth-order valence-corrected chi connectivity index (χ4v) is 3.35. The fourth-order valence-electron chi connectivity index (χ4n) is 3.19. The van der Waals surface area contributed by atoms with E-state index in [0.717, 1.165) is 22.6 Å². The lowest BCUT2D eigenvalue weighted by Crippen LogP contribution is -2.11. The Morgan fingerprint density at radius 2 is 1.87 bits per heavy atom. The molecule has 4 rings (SSSR count). The SMILES string of the molecule is CC(C)n1cnc2c(NCc3ccccc3-c3cnc(N(C)C)cn3)nc(Cl)nc21. The van der Waals surface area contributed by atoms with E-state index in [-0.39, 0.29) is 11.3 Å². The van der Waals surface area contributed by atoms with Crippen LogP contribution in [0, 0.1) is 0 Å². The number of nitrogens with zero attached hydrogens (tertiary/aromatic N) is 7. The van der Waals surface area contributed by atoms with Crippen molar-refractivity contribution in [3.63, 3.8) is 0 Å². The number of nitrogens with one attached hydrogen (secondary N) is 1. The van der Waals surface area contributed by atoms with E-state index in [2.05, 4.69) is 50.2 Å². The Morgan fingerprint density at radius 1 is 1.07 bits per heavy atom. The Balaban J connectivity index is 1.64. The first-order chi connectivity index (χ1) is 14.4. The highest BCUT2D eigenvalue weighted by molar-refractivity contribution is 6.28. The molecule has 4 aromatic rings. The van der Waals surface area contributed by atoms with Crippen LogP contribution in [0.2, 0.25) is 5.28 Å². The van der Waals surface area contributed by atoms with E-state index < -0.39 is 0 Å².